The summed E-state index contributed by atoms with van der Waals surface area (Å²) in [7, 11) is 0. The number of carbonyl (C=O) groups is 2. The second-order valence-electron chi connectivity index (χ2n) is 3.40. The fourth-order valence-electron chi connectivity index (χ4n) is 1.11. The number of nitrogens with one attached hydrogen (secondary N) is 1. The monoisotopic (exact) mass is 334 g/mol. The molecule has 1 N–H and O–H groups in total. The Bertz CT molecular complexity index is 530. The molecule has 0 radical (unpaired) electrons. The number of nitrogens with zero attached hydrogens (tertiary/aromatic N) is 3. The van der Waals surface area contributed by atoms with Crippen molar-refractivity contribution in [3.8, 4) is 0 Å². The summed E-state index contributed by atoms with van der Waals surface area (Å²) in [5, 5.41) is 3.49. The Morgan fingerprint density at radius 3 is 2.89 bits per heavy atom. The van der Waals surface area contributed by atoms with Crippen molar-refractivity contribution in [2.24, 2.45) is 4.99 Å². The first-order valence-electron chi connectivity index (χ1n) is 5.18. The smallest absolute Gasteiger partial charge is 0.261 e. The van der Waals surface area contributed by atoms with Crippen LogP contribution in [0.2, 0.25) is 0 Å². The van der Waals surface area contributed by atoms with Crippen molar-refractivity contribution in [3.63, 3.8) is 0 Å². The van der Waals surface area contributed by atoms with Gasteiger partial charge in [-0.1, -0.05) is 35.3 Å². The molecule has 0 spiro atoms. The third kappa shape index (κ3) is 4.20. The second kappa shape index (κ2) is 6.73. The van der Waals surface area contributed by atoms with Crippen LogP contribution in [0.25, 0.3) is 0 Å². The zero-order chi connectivity index (χ0) is 13.8. The van der Waals surface area contributed by atoms with Crippen LogP contribution in [0.15, 0.2) is 14.5 Å². The van der Waals surface area contributed by atoms with E-state index in [2.05, 4.69) is 19.7 Å². The van der Waals surface area contributed by atoms with E-state index in [1.54, 1.807) is 6.92 Å². The number of amides is 2. The van der Waals surface area contributed by atoms with Gasteiger partial charge >= 0.3 is 0 Å². The molecule has 0 saturated carbocycles. The Labute approximate surface area is 126 Å². The molecule has 1 aromatic rings. The van der Waals surface area contributed by atoms with Gasteiger partial charge in [0.25, 0.3) is 5.91 Å². The zero-order valence-corrected chi connectivity index (χ0v) is 13.3. The number of aliphatic imine (C=N–C) groups is 1. The van der Waals surface area contributed by atoms with Crippen LogP contribution >= 0.6 is 46.8 Å². The number of rotatable bonds is 4. The van der Waals surface area contributed by atoms with Crippen LogP contribution in [0.5, 0.6) is 0 Å². The van der Waals surface area contributed by atoms with Gasteiger partial charge < -0.3 is 5.32 Å². The summed E-state index contributed by atoms with van der Waals surface area (Å²) >= 11 is 5.32. The summed E-state index contributed by atoms with van der Waals surface area (Å²) in [6.07, 6.45) is 1.90. The SMILES string of the molecule is CSc1nsc(SCC(=O)NC2=NC(=O)[C@H](C)S2)n1. The molecule has 1 aromatic heterocycles. The van der Waals surface area contributed by atoms with Crippen molar-refractivity contribution in [1.29, 1.82) is 0 Å². The molecule has 1 aliphatic heterocycles. The lowest BCUT2D eigenvalue weighted by Crippen LogP contribution is -2.29. The Morgan fingerprint density at radius 1 is 1.53 bits per heavy atom. The molecule has 2 amide bonds. The van der Waals surface area contributed by atoms with E-state index in [0.29, 0.717) is 10.3 Å². The summed E-state index contributed by atoms with van der Waals surface area (Å²) in [6, 6.07) is 0. The van der Waals surface area contributed by atoms with E-state index in [-0.39, 0.29) is 22.8 Å². The van der Waals surface area contributed by atoms with Crippen molar-refractivity contribution in [3.05, 3.63) is 0 Å². The summed E-state index contributed by atoms with van der Waals surface area (Å²) in [5.74, 6) is -0.175. The Hall–Kier alpha value is -0.580. The summed E-state index contributed by atoms with van der Waals surface area (Å²) in [6.45, 7) is 1.76. The lowest BCUT2D eigenvalue weighted by Gasteiger charge is -2.02. The van der Waals surface area contributed by atoms with E-state index in [9.17, 15) is 9.59 Å². The second-order valence-corrected chi connectivity index (χ2v) is 7.48. The van der Waals surface area contributed by atoms with Crippen molar-refractivity contribution in [2.75, 3.05) is 12.0 Å². The normalized spacial score (nSPS) is 18.5. The molecule has 1 atom stereocenters. The molecule has 10 heteroatoms. The number of hydrogen-bond acceptors (Lipinski definition) is 8. The van der Waals surface area contributed by atoms with Gasteiger partial charge in [-0.25, -0.2) is 4.98 Å². The minimum atomic E-state index is -0.213. The number of thioether (sulfide) groups is 3. The van der Waals surface area contributed by atoms with E-state index >= 15 is 0 Å². The highest BCUT2D eigenvalue weighted by Crippen LogP contribution is 2.24. The molecule has 19 heavy (non-hydrogen) atoms. The van der Waals surface area contributed by atoms with Crippen molar-refractivity contribution in [2.45, 2.75) is 21.7 Å². The molecule has 0 unspecified atom stereocenters. The van der Waals surface area contributed by atoms with E-state index < -0.39 is 0 Å². The number of hydrogen-bond donors (Lipinski definition) is 1. The van der Waals surface area contributed by atoms with Gasteiger partial charge in [-0.15, -0.1) is 0 Å². The van der Waals surface area contributed by atoms with Crippen molar-refractivity contribution >= 4 is 63.8 Å². The van der Waals surface area contributed by atoms with Gasteiger partial charge in [-0.3, -0.25) is 9.59 Å². The molecule has 0 bridgehead atoms. The van der Waals surface area contributed by atoms with Gasteiger partial charge in [0.05, 0.1) is 11.0 Å². The molecule has 0 aliphatic carbocycles. The highest BCUT2D eigenvalue weighted by atomic mass is 32.2. The van der Waals surface area contributed by atoms with E-state index in [1.165, 1.54) is 46.8 Å². The largest absolute Gasteiger partial charge is 0.304 e. The van der Waals surface area contributed by atoms with Crippen LogP contribution in [0.4, 0.5) is 0 Å². The first kappa shape index (κ1) is 14.8. The maximum absolute atomic E-state index is 11.7. The molecule has 6 nitrogen and oxygen atoms in total. The third-order valence-corrected chi connectivity index (χ3v) is 5.46. The van der Waals surface area contributed by atoms with E-state index in [0.717, 1.165) is 4.34 Å². The number of amidine groups is 1. The lowest BCUT2D eigenvalue weighted by atomic mass is 10.5. The van der Waals surface area contributed by atoms with Gasteiger partial charge in [0.1, 0.15) is 0 Å². The maximum atomic E-state index is 11.7. The van der Waals surface area contributed by atoms with Crippen LogP contribution in [-0.4, -0.2) is 43.6 Å². The molecule has 2 heterocycles. The van der Waals surface area contributed by atoms with E-state index in [4.69, 9.17) is 0 Å². The summed E-state index contributed by atoms with van der Waals surface area (Å²) in [4.78, 5) is 30.8. The van der Waals surface area contributed by atoms with Crippen LogP contribution in [0, 0.1) is 0 Å². The third-order valence-electron chi connectivity index (χ3n) is 1.99. The molecule has 1 aliphatic rings. The van der Waals surface area contributed by atoms with Gasteiger partial charge in [0.2, 0.25) is 11.1 Å². The summed E-state index contributed by atoms with van der Waals surface area (Å²) in [5.41, 5.74) is 0. The van der Waals surface area contributed by atoms with Crippen LogP contribution in [-0.2, 0) is 9.59 Å². The highest BCUT2D eigenvalue weighted by Gasteiger charge is 2.25. The molecule has 0 saturated heterocycles. The van der Waals surface area contributed by atoms with Gasteiger partial charge in [-0.05, 0) is 24.7 Å². The molecule has 0 fully saturated rings. The lowest BCUT2D eigenvalue weighted by molar-refractivity contribution is -0.117. The fraction of sp³-hybridized carbons (Fsp3) is 0.444. The van der Waals surface area contributed by atoms with E-state index in [1.807, 2.05) is 6.26 Å². The van der Waals surface area contributed by atoms with Gasteiger partial charge in [0.15, 0.2) is 9.51 Å². The molecule has 102 valence electrons. The minimum absolute atomic E-state index is 0.195. The molecular weight excluding hydrogens is 324 g/mol. The molecular formula is C9H10N4O2S4. The van der Waals surface area contributed by atoms with Gasteiger partial charge in [-0.2, -0.15) is 9.37 Å². The van der Waals surface area contributed by atoms with Crippen LogP contribution < -0.4 is 5.32 Å². The average Bonchev–Trinajstić information content (AvgIpc) is 2.94. The zero-order valence-electron chi connectivity index (χ0n) is 10.1. The summed E-state index contributed by atoms with van der Waals surface area (Å²) < 4.78 is 4.86. The maximum Gasteiger partial charge on any atom is 0.261 e. The average molecular weight is 334 g/mol. The standard InChI is InChI=1S/C9H10N4O2S4/c1-4-6(15)11-7(18-4)10-5(14)3-17-9-12-8(16-2)13-19-9/h4H,3H2,1-2H3,(H,10,11,14,15)/t4-/m0/s1. The van der Waals surface area contributed by atoms with Crippen molar-refractivity contribution in [1.82, 2.24) is 14.7 Å². The van der Waals surface area contributed by atoms with Crippen molar-refractivity contribution < 1.29 is 9.59 Å². The first-order valence-corrected chi connectivity index (χ1v) is 9.04. The topological polar surface area (TPSA) is 84.3 Å². The molecule has 2 rings (SSSR count). The predicted octanol–water partition coefficient (Wildman–Crippen LogP) is 1.49. The highest BCUT2D eigenvalue weighted by molar-refractivity contribution is 8.15. The first-order chi connectivity index (χ1) is 9.08. The number of carbonyl (C=O) groups excluding carboxylic acids is 2. The van der Waals surface area contributed by atoms with Gasteiger partial charge in [0, 0.05) is 0 Å². The Balaban J connectivity index is 1.79. The predicted molar refractivity (Wildman–Crippen MR) is 80.1 cm³/mol. The molecule has 0 aromatic carbocycles. The Kier molecular flexibility index (Phi) is 5.25. The quantitative estimate of drug-likeness (QED) is 0.835. The minimum Gasteiger partial charge on any atom is -0.304 e. The van der Waals surface area contributed by atoms with Crippen LogP contribution in [0.3, 0.4) is 0 Å². The fourth-order valence-corrected chi connectivity index (χ4v) is 3.93. The Morgan fingerprint density at radius 2 is 2.32 bits per heavy atom. The number of aromatic nitrogens is 2. The van der Waals surface area contributed by atoms with Crippen LogP contribution in [0.1, 0.15) is 6.92 Å².